The average Bonchev–Trinajstić information content (AvgIpc) is 2.63. The summed E-state index contributed by atoms with van der Waals surface area (Å²) in [6, 6.07) is 18.6. The number of hydrogen-bond acceptors (Lipinski definition) is 3. The van der Waals surface area contributed by atoms with Crippen LogP contribution in [0.3, 0.4) is 0 Å². The van der Waals surface area contributed by atoms with Crippen LogP contribution in [-0.2, 0) is 6.42 Å². The van der Waals surface area contributed by atoms with Crippen molar-refractivity contribution in [3.05, 3.63) is 65.7 Å². The fourth-order valence-corrected chi connectivity index (χ4v) is 3.95. The van der Waals surface area contributed by atoms with Crippen LogP contribution in [0.5, 0.6) is 0 Å². The van der Waals surface area contributed by atoms with E-state index >= 15 is 0 Å². The molecule has 0 amide bonds. The van der Waals surface area contributed by atoms with Crippen molar-refractivity contribution < 1.29 is 10.2 Å². The molecule has 2 atom stereocenters. The van der Waals surface area contributed by atoms with Crippen LogP contribution in [0.4, 0.5) is 0 Å². The van der Waals surface area contributed by atoms with Crippen molar-refractivity contribution in [3.8, 4) is 0 Å². The van der Waals surface area contributed by atoms with Gasteiger partial charge in [0.1, 0.15) is 6.10 Å². The maximum atomic E-state index is 10.3. The van der Waals surface area contributed by atoms with E-state index in [1.807, 2.05) is 24.3 Å². The zero-order valence-electron chi connectivity index (χ0n) is 13.1. The Kier molecular flexibility index (Phi) is 2.90. The van der Waals surface area contributed by atoms with Gasteiger partial charge in [-0.05, 0) is 52.9 Å². The van der Waals surface area contributed by atoms with Gasteiger partial charge in [-0.15, -0.1) is 0 Å². The smallest absolute Gasteiger partial charge is 0.105 e. The summed E-state index contributed by atoms with van der Waals surface area (Å²) in [6.45, 7) is 0. The van der Waals surface area contributed by atoms with E-state index in [9.17, 15) is 10.2 Å². The number of aromatic nitrogens is 1. The van der Waals surface area contributed by atoms with Gasteiger partial charge in [0, 0.05) is 10.8 Å². The monoisotopic (exact) mass is 315 g/mol. The van der Waals surface area contributed by atoms with Crippen LogP contribution in [0.15, 0.2) is 54.6 Å². The maximum absolute atomic E-state index is 10.3. The van der Waals surface area contributed by atoms with Crippen molar-refractivity contribution in [2.45, 2.75) is 25.0 Å². The minimum absolute atomic E-state index is 0.584. The molecule has 0 bridgehead atoms. The van der Waals surface area contributed by atoms with Crippen molar-refractivity contribution in [1.29, 1.82) is 0 Å². The molecular weight excluding hydrogens is 298 g/mol. The van der Waals surface area contributed by atoms with Crippen molar-refractivity contribution in [3.63, 3.8) is 0 Å². The Morgan fingerprint density at radius 2 is 1.62 bits per heavy atom. The summed E-state index contributed by atoms with van der Waals surface area (Å²) in [5, 5.41) is 24.9. The number of rotatable bonds is 0. The van der Waals surface area contributed by atoms with E-state index in [1.165, 1.54) is 10.8 Å². The SMILES string of the molecule is OC1CCc2c(ccc3nc4ccc5ccccc5c4cc23)C1O. The summed E-state index contributed by atoms with van der Waals surface area (Å²) in [5.41, 5.74) is 3.88. The van der Waals surface area contributed by atoms with E-state index in [1.54, 1.807) is 0 Å². The fourth-order valence-electron chi connectivity index (χ4n) is 3.95. The van der Waals surface area contributed by atoms with Gasteiger partial charge in [-0.25, -0.2) is 4.98 Å². The van der Waals surface area contributed by atoms with E-state index in [-0.39, 0.29) is 0 Å². The Bertz CT molecular complexity index is 1100. The molecule has 0 saturated carbocycles. The first kappa shape index (κ1) is 13.9. The Morgan fingerprint density at radius 1 is 0.833 bits per heavy atom. The molecule has 0 fully saturated rings. The molecule has 3 aromatic carbocycles. The number of pyridine rings is 1. The quantitative estimate of drug-likeness (QED) is 0.382. The van der Waals surface area contributed by atoms with Gasteiger partial charge < -0.3 is 10.2 Å². The highest BCUT2D eigenvalue weighted by Crippen LogP contribution is 2.36. The lowest BCUT2D eigenvalue weighted by Crippen LogP contribution is -2.25. The van der Waals surface area contributed by atoms with Crippen molar-refractivity contribution in [2.24, 2.45) is 0 Å². The Hall–Kier alpha value is -2.49. The van der Waals surface area contributed by atoms with Gasteiger partial charge in [-0.1, -0.05) is 36.4 Å². The molecule has 5 rings (SSSR count). The second kappa shape index (κ2) is 5.00. The number of fused-ring (bicyclic) bond motifs is 6. The van der Waals surface area contributed by atoms with Gasteiger partial charge in [0.25, 0.3) is 0 Å². The van der Waals surface area contributed by atoms with Crippen LogP contribution in [0, 0.1) is 0 Å². The van der Waals surface area contributed by atoms with E-state index in [0.29, 0.717) is 6.42 Å². The molecule has 4 aromatic rings. The van der Waals surface area contributed by atoms with Crippen LogP contribution in [0.25, 0.3) is 32.6 Å². The molecule has 24 heavy (non-hydrogen) atoms. The van der Waals surface area contributed by atoms with Crippen LogP contribution >= 0.6 is 0 Å². The lowest BCUT2D eigenvalue weighted by atomic mass is 9.85. The Morgan fingerprint density at radius 3 is 2.54 bits per heavy atom. The van der Waals surface area contributed by atoms with Crippen LogP contribution < -0.4 is 0 Å². The summed E-state index contributed by atoms with van der Waals surface area (Å²) in [6.07, 6.45) is -0.130. The number of hydrogen-bond donors (Lipinski definition) is 2. The summed E-state index contributed by atoms with van der Waals surface area (Å²) < 4.78 is 0. The number of aryl methyl sites for hydroxylation is 1. The van der Waals surface area contributed by atoms with Gasteiger partial charge in [-0.3, -0.25) is 0 Å². The van der Waals surface area contributed by atoms with E-state index in [2.05, 4.69) is 30.3 Å². The molecule has 1 aliphatic rings. The first-order valence-electron chi connectivity index (χ1n) is 8.32. The third-order valence-electron chi connectivity index (χ3n) is 5.22. The Labute approximate surface area is 139 Å². The zero-order valence-corrected chi connectivity index (χ0v) is 13.1. The number of nitrogens with zero attached hydrogens (tertiary/aromatic N) is 1. The molecule has 3 heteroatoms. The second-order valence-corrected chi connectivity index (χ2v) is 6.59. The topological polar surface area (TPSA) is 53.4 Å². The van der Waals surface area contributed by atoms with Gasteiger partial charge in [0.15, 0.2) is 0 Å². The molecule has 0 radical (unpaired) electrons. The first-order valence-corrected chi connectivity index (χ1v) is 8.32. The number of aliphatic hydroxyl groups is 2. The lowest BCUT2D eigenvalue weighted by Gasteiger charge is -2.27. The molecule has 1 aliphatic carbocycles. The molecule has 3 nitrogen and oxygen atoms in total. The predicted octanol–water partition coefficient (Wildman–Crippen LogP) is 3.88. The number of aliphatic hydroxyl groups excluding tert-OH is 2. The highest BCUT2D eigenvalue weighted by molar-refractivity contribution is 6.10. The minimum atomic E-state index is -0.804. The molecule has 0 saturated heterocycles. The molecular formula is C21H17NO2. The average molecular weight is 315 g/mol. The van der Waals surface area contributed by atoms with E-state index < -0.39 is 12.2 Å². The Balaban J connectivity index is 1.89. The molecule has 2 N–H and O–H groups in total. The predicted molar refractivity (Wildman–Crippen MR) is 96.0 cm³/mol. The van der Waals surface area contributed by atoms with Gasteiger partial charge in [0.2, 0.25) is 0 Å². The van der Waals surface area contributed by atoms with Crippen molar-refractivity contribution in [2.75, 3.05) is 0 Å². The normalized spacial score (nSPS) is 20.6. The highest BCUT2D eigenvalue weighted by atomic mass is 16.3. The van der Waals surface area contributed by atoms with Gasteiger partial charge in [-0.2, -0.15) is 0 Å². The molecule has 1 aromatic heterocycles. The third-order valence-corrected chi connectivity index (χ3v) is 5.22. The van der Waals surface area contributed by atoms with Crippen LogP contribution in [0.2, 0.25) is 0 Å². The largest absolute Gasteiger partial charge is 0.390 e. The second-order valence-electron chi connectivity index (χ2n) is 6.59. The van der Waals surface area contributed by atoms with Gasteiger partial charge in [0.05, 0.1) is 17.1 Å². The third kappa shape index (κ3) is 1.89. The number of benzene rings is 3. The molecule has 118 valence electrons. The highest BCUT2D eigenvalue weighted by Gasteiger charge is 2.27. The zero-order chi connectivity index (χ0) is 16.3. The first-order chi connectivity index (χ1) is 11.7. The van der Waals surface area contributed by atoms with Crippen molar-refractivity contribution >= 4 is 32.6 Å². The summed E-state index contributed by atoms with van der Waals surface area (Å²) in [7, 11) is 0. The van der Waals surface area contributed by atoms with Crippen molar-refractivity contribution in [1.82, 2.24) is 4.98 Å². The summed E-state index contributed by atoms with van der Waals surface area (Å²) in [4.78, 5) is 4.84. The maximum Gasteiger partial charge on any atom is 0.105 e. The van der Waals surface area contributed by atoms with E-state index in [4.69, 9.17) is 4.98 Å². The molecule has 1 heterocycles. The summed E-state index contributed by atoms with van der Waals surface area (Å²) >= 11 is 0. The van der Waals surface area contributed by atoms with Crippen LogP contribution in [-0.4, -0.2) is 21.3 Å². The summed E-state index contributed by atoms with van der Waals surface area (Å²) in [5.74, 6) is 0. The molecule has 0 aliphatic heterocycles. The van der Waals surface area contributed by atoms with E-state index in [0.717, 1.165) is 39.4 Å². The standard InChI is InChI=1S/C21H17NO2/c23-20-10-7-14-15(21(20)24)6-9-19-17(14)11-16-13-4-2-1-3-12(13)5-8-18(16)22-19/h1-6,8-9,11,20-21,23-24H,7,10H2. The van der Waals surface area contributed by atoms with Crippen LogP contribution in [0.1, 0.15) is 23.7 Å². The fraction of sp³-hybridized carbons (Fsp3) is 0.190. The lowest BCUT2D eigenvalue weighted by molar-refractivity contribution is 0.00675. The molecule has 2 unspecified atom stereocenters. The minimum Gasteiger partial charge on any atom is -0.390 e. The van der Waals surface area contributed by atoms with Gasteiger partial charge >= 0.3 is 0 Å². The molecule has 0 spiro atoms.